The summed E-state index contributed by atoms with van der Waals surface area (Å²) in [5.74, 6) is 0. The lowest BCUT2D eigenvalue weighted by molar-refractivity contribution is 0.674. The van der Waals surface area contributed by atoms with E-state index in [4.69, 9.17) is 0 Å². The summed E-state index contributed by atoms with van der Waals surface area (Å²) in [7, 11) is 0. The van der Waals surface area contributed by atoms with Gasteiger partial charge >= 0.3 is 0 Å². The predicted molar refractivity (Wildman–Crippen MR) is 63.2 cm³/mol. The molecule has 2 heteroatoms. The van der Waals surface area contributed by atoms with E-state index in [1.165, 1.54) is 30.4 Å². The highest BCUT2D eigenvalue weighted by atomic mass is 15.2. The number of rotatable bonds is 0. The fourth-order valence-electron chi connectivity index (χ4n) is 3.37. The van der Waals surface area contributed by atoms with Gasteiger partial charge in [0.15, 0.2) is 0 Å². The maximum atomic E-state index is 4.47. The van der Waals surface area contributed by atoms with Crippen molar-refractivity contribution in [3.8, 4) is 0 Å². The lowest BCUT2D eigenvalue weighted by Crippen LogP contribution is -2.03. The lowest BCUT2D eigenvalue weighted by Gasteiger charge is -2.12. The van der Waals surface area contributed by atoms with E-state index in [1.807, 2.05) is 0 Å². The summed E-state index contributed by atoms with van der Waals surface area (Å²) in [6, 6.07) is 9.50. The van der Waals surface area contributed by atoms with Crippen LogP contribution in [0.5, 0.6) is 0 Å². The maximum Gasteiger partial charge on any atom is 0.0988 e. The van der Waals surface area contributed by atoms with Crippen LogP contribution >= 0.6 is 0 Å². The van der Waals surface area contributed by atoms with Crippen LogP contribution in [0.2, 0.25) is 0 Å². The highest BCUT2D eigenvalue weighted by molar-refractivity contribution is 5.75. The van der Waals surface area contributed by atoms with Crippen molar-refractivity contribution in [1.29, 1.82) is 0 Å². The Bertz CT molecular complexity index is 513. The molecule has 0 saturated heterocycles. The van der Waals surface area contributed by atoms with Crippen LogP contribution in [0.3, 0.4) is 0 Å². The molecule has 2 bridgehead atoms. The molecule has 0 fully saturated rings. The minimum absolute atomic E-state index is 0.326. The number of nitrogens with zero attached hydrogens (tertiary/aromatic N) is 2. The maximum absolute atomic E-state index is 4.47. The van der Waals surface area contributed by atoms with Gasteiger partial charge in [0, 0.05) is 6.42 Å². The van der Waals surface area contributed by atoms with Crippen LogP contribution in [0.4, 0.5) is 0 Å². The van der Waals surface area contributed by atoms with E-state index in [1.54, 1.807) is 11.1 Å². The molecule has 0 N–H and O–H groups in total. The summed E-state index contributed by atoms with van der Waals surface area (Å²) < 4.78 is 0. The molecular formula is C14H14N2. The Labute approximate surface area is 95.1 Å². The molecule has 0 saturated carbocycles. The molecule has 2 atom stereocenters. The van der Waals surface area contributed by atoms with Crippen molar-refractivity contribution in [2.45, 2.75) is 37.8 Å². The summed E-state index contributed by atoms with van der Waals surface area (Å²) >= 11 is 0. The van der Waals surface area contributed by atoms with Gasteiger partial charge in [-0.25, -0.2) is 0 Å². The molecular weight excluding hydrogens is 196 g/mol. The summed E-state index contributed by atoms with van der Waals surface area (Å²) in [6.45, 7) is 0. The molecule has 1 aromatic rings. The van der Waals surface area contributed by atoms with E-state index in [-0.39, 0.29) is 0 Å². The Hall–Kier alpha value is -1.44. The first kappa shape index (κ1) is 8.68. The van der Waals surface area contributed by atoms with Gasteiger partial charge in [-0.05, 0) is 41.5 Å². The van der Waals surface area contributed by atoms with Crippen LogP contribution in [0.1, 0.15) is 42.9 Å². The van der Waals surface area contributed by atoms with E-state index in [0.29, 0.717) is 12.1 Å². The third-order valence-corrected chi connectivity index (χ3v) is 4.10. The van der Waals surface area contributed by atoms with E-state index in [9.17, 15) is 0 Å². The number of azo groups is 1. The van der Waals surface area contributed by atoms with Gasteiger partial charge in [-0.1, -0.05) is 24.3 Å². The normalized spacial score (nSPS) is 30.2. The molecule has 0 aromatic heterocycles. The predicted octanol–water partition coefficient (Wildman–Crippen LogP) is 3.90. The van der Waals surface area contributed by atoms with Crippen molar-refractivity contribution in [2.75, 3.05) is 0 Å². The largest absolute Gasteiger partial charge is 0.186 e. The van der Waals surface area contributed by atoms with Gasteiger partial charge in [0.2, 0.25) is 0 Å². The van der Waals surface area contributed by atoms with Crippen LogP contribution < -0.4 is 0 Å². The SMILES string of the molecule is c1ccc2c(c1)C1=C(CCC1)[C@@H]1C[C@H]2N=N1. The quantitative estimate of drug-likeness (QED) is 0.620. The molecule has 3 aliphatic rings. The van der Waals surface area contributed by atoms with Crippen molar-refractivity contribution in [1.82, 2.24) is 0 Å². The molecule has 0 spiro atoms. The first-order chi connectivity index (χ1) is 7.93. The van der Waals surface area contributed by atoms with Gasteiger partial charge in [-0.2, -0.15) is 10.2 Å². The summed E-state index contributed by atoms with van der Waals surface area (Å²) in [6.07, 6.45) is 4.89. The second-order valence-corrected chi connectivity index (χ2v) is 4.94. The van der Waals surface area contributed by atoms with E-state index in [2.05, 4.69) is 34.5 Å². The molecule has 0 unspecified atom stereocenters. The Balaban J connectivity index is 2.02. The van der Waals surface area contributed by atoms with Gasteiger partial charge in [0.05, 0.1) is 12.1 Å². The molecule has 2 aliphatic carbocycles. The fourth-order valence-corrected chi connectivity index (χ4v) is 3.37. The molecule has 4 rings (SSSR count). The summed E-state index contributed by atoms with van der Waals surface area (Å²) in [5.41, 5.74) is 6.03. The van der Waals surface area contributed by atoms with Gasteiger partial charge in [-0.3, -0.25) is 0 Å². The number of allylic oxidation sites excluding steroid dienone is 1. The molecule has 16 heavy (non-hydrogen) atoms. The average molecular weight is 210 g/mol. The summed E-state index contributed by atoms with van der Waals surface area (Å²) in [4.78, 5) is 0. The average Bonchev–Trinajstić information content (AvgIpc) is 2.94. The van der Waals surface area contributed by atoms with Crippen LogP contribution in [-0.4, -0.2) is 6.04 Å². The molecule has 80 valence electrons. The smallest absolute Gasteiger partial charge is 0.0988 e. The van der Waals surface area contributed by atoms with Crippen LogP contribution in [0, 0.1) is 0 Å². The molecule has 1 aliphatic heterocycles. The monoisotopic (exact) mass is 210 g/mol. The first-order valence-corrected chi connectivity index (χ1v) is 6.14. The van der Waals surface area contributed by atoms with Gasteiger partial charge in [0.1, 0.15) is 0 Å². The van der Waals surface area contributed by atoms with Crippen LogP contribution in [0.15, 0.2) is 40.1 Å². The van der Waals surface area contributed by atoms with E-state index in [0.717, 1.165) is 6.42 Å². The van der Waals surface area contributed by atoms with Gasteiger partial charge in [0.25, 0.3) is 0 Å². The highest BCUT2D eigenvalue weighted by Gasteiger charge is 2.35. The number of hydrogen-bond acceptors (Lipinski definition) is 2. The zero-order chi connectivity index (χ0) is 10.5. The van der Waals surface area contributed by atoms with Crippen molar-refractivity contribution < 1.29 is 0 Å². The van der Waals surface area contributed by atoms with Crippen molar-refractivity contribution in [3.05, 3.63) is 41.0 Å². The van der Waals surface area contributed by atoms with Crippen molar-refractivity contribution in [3.63, 3.8) is 0 Å². The fraction of sp³-hybridized carbons (Fsp3) is 0.429. The second-order valence-electron chi connectivity index (χ2n) is 4.94. The zero-order valence-electron chi connectivity index (χ0n) is 9.19. The van der Waals surface area contributed by atoms with E-state index >= 15 is 0 Å². The zero-order valence-corrected chi connectivity index (χ0v) is 9.19. The Morgan fingerprint density at radius 2 is 1.88 bits per heavy atom. The molecule has 1 heterocycles. The first-order valence-electron chi connectivity index (χ1n) is 6.14. The second kappa shape index (κ2) is 3.03. The van der Waals surface area contributed by atoms with Gasteiger partial charge < -0.3 is 0 Å². The Morgan fingerprint density at radius 1 is 1.00 bits per heavy atom. The van der Waals surface area contributed by atoms with Crippen molar-refractivity contribution >= 4 is 5.57 Å². The Kier molecular flexibility index (Phi) is 1.65. The third-order valence-electron chi connectivity index (χ3n) is 4.10. The van der Waals surface area contributed by atoms with Crippen LogP contribution in [-0.2, 0) is 0 Å². The van der Waals surface area contributed by atoms with E-state index < -0.39 is 0 Å². The number of fused-ring (bicyclic) bond motifs is 6. The number of hydrogen-bond donors (Lipinski definition) is 0. The lowest BCUT2D eigenvalue weighted by atomic mass is 9.95. The van der Waals surface area contributed by atoms with Crippen molar-refractivity contribution in [2.24, 2.45) is 10.2 Å². The third kappa shape index (κ3) is 1.02. The molecule has 2 nitrogen and oxygen atoms in total. The minimum Gasteiger partial charge on any atom is -0.186 e. The topological polar surface area (TPSA) is 24.7 Å². The van der Waals surface area contributed by atoms with Gasteiger partial charge in [-0.15, -0.1) is 0 Å². The number of benzene rings is 1. The molecule has 0 amide bonds. The highest BCUT2D eigenvalue weighted by Crippen LogP contribution is 2.48. The minimum atomic E-state index is 0.326. The summed E-state index contributed by atoms with van der Waals surface area (Å²) in [5, 5.41) is 8.92. The molecule has 0 radical (unpaired) electrons. The Morgan fingerprint density at radius 3 is 2.88 bits per heavy atom. The van der Waals surface area contributed by atoms with Crippen LogP contribution in [0.25, 0.3) is 5.57 Å². The molecule has 1 aromatic carbocycles. The standard InChI is InChI=1S/C14H14N2/c1-2-5-11-9(4-1)10-6-3-7-12(10)14-8-13(11)15-16-14/h1-2,4-5,13-14H,3,6-8H2/t13-,14+/m1/s1.